The Morgan fingerprint density at radius 1 is 1.21 bits per heavy atom. The fourth-order valence-corrected chi connectivity index (χ4v) is 3.57. The minimum atomic E-state index is -0.418. The third-order valence-electron chi connectivity index (χ3n) is 5.12. The molecule has 8 heteroatoms. The van der Waals surface area contributed by atoms with E-state index in [1.807, 2.05) is 36.4 Å². The number of fused-ring (bicyclic) bond motifs is 1. The van der Waals surface area contributed by atoms with Gasteiger partial charge in [-0.2, -0.15) is 5.10 Å². The minimum Gasteiger partial charge on any atom is -0.493 e. The zero-order valence-electron chi connectivity index (χ0n) is 16.3. The van der Waals surface area contributed by atoms with Gasteiger partial charge in [0.15, 0.2) is 17.3 Å². The Morgan fingerprint density at radius 3 is 2.79 bits per heavy atom. The van der Waals surface area contributed by atoms with E-state index in [1.54, 1.807) is 25.2 Å². The molecular weight excluding hydrogens is 372 g/mol. The standard InChI is InChI=1S/C21H22N4O4/c1-28-17-8-7-13(9-18(17)29-2)11-22-21(27)14-10-19(26)25(12-14)20-15-5-3-4-6-16(15)23-24-20/h3-9,14H,10-12H2,1-2H3,(H,22,27)(H,23,24). The van der Waals surface area contributed by atoms with Gasteiger partial charge in [-0.3, -0.25) is 19.6 Å². The Morgan fingerprint density at radius 2 is 2.00 bits per heavy atom. The molecule has 0 bridgehead atoms. The number of methoxy groups -OCH3 is 2. The number of para-hydroxylation sites is 1. The summed E-state index contributed by atoms with van der Waals surface area (Å²) in [4.78, 5) is 26.8. The Bertz CT molecular complexity index is 1060. The first-order chi connectivity index (χ1) is 14.1. The average Bonchev–Trinajstić information content (AvgIpc) is 3.35. The summed E-state index contributed by atoms with van der Waals surface area (Å²) < 4.78 is 10.5. The molecule has 1 unspecified atom stereocenters. The van der Waals surface area contributed by atoms with Crippen molar-refractivity contribution in [3.05, 3.63) is 48.0 Å². The van der Waals surface area contributed by atoms with Crippen molar-refractivity contribution in [2.24, 2.45) is 5.92 Å². The molecule has 1 aromatic heterocycles. The monoisotopic (exact) mass is 394 g/mol. The van der Waals surface area contributed by atoms with Crippen molar-refractivity contribution >= 4 is 28.5 Å². The maximum Gasteiger partial charge on any atom is 0.229 e. The van der Waals surface area contributed by atoms with Crippen LogP contribution in [0.3, 0.4) is 0 Å². The van der Waals surface area contributed by atoms with Crippen molar-refractivity contribution in [1.82, 2.24) is 15.5 Å². The number of carbonyl (C=O) groups excluding carboxylic acids is 2. The van der Waals surface area contributed by atoms with Gasteiger partial charge in [-0.1, -0.05) is 18.2 Å². The highest BCUT2D eigenvalue weighted by Gasteiger charge is 2.36. The van der Waals surface area contributed by atoms with Crippen molar-refractivity contribution in [3.63, 3.8) is 0 Å². The fourth-order valence-electron chi connectivity index (χ4n) is 3.57. The molecule has 2 heterocycles. The number of ether oxygens (including phenoxy) is 2. The smallest absolute Gasteiger partial charge is 0.229 e. The number of aromatic nitrogens is 2. The SMILES string of the molecule is COc1ccc(CNC(=O)C2CC(=O)N(c3n[nH]c4ccccc34)C2)cc1OC. The maximum absolute atomic E-state index is 12.6. The molecule has 1 saturated heterocycles. The van der Waals surface area contributed by atoms with Crippen molar-refractivity contribution in [1.29, 1.82) is 0 Å². The van der Waals surface area contributed by atoms with E-state index < -0.39 is 5.92 Å². The minimum absolute atomic E-state index is 0.103. The second-order valence-corrected chi connectivity index (χ2v) is 6.91. The van der Waals surface area contributed by atoms with E-state index in [0.717, 1.165) is 16.5 Å². The van der Waals surface area contributed by atoms with Crippen LogP contribution in [0.4, 0.5) is 5.82 Å². The number of H-pyrrole nitrogens is 1. The third kappa shape index (κ3) is 3.61. The molecule has 1 aliphatic rings. The lowest BCUT2D eigenvalue weighted by molar-refractivity contribution is -0.126. The molecule has 1 aliphatic heterocycles. The number of benzene rings is 2. The summed E-state index contributed by atoms with van der Waals surface area (Å²) in [7, 11) is 3.14. The Balaban J connectivity index is 1.42. The lowest BCUT2D eigenvalue weighted by Crippen LogP contribution is -2.32. The van der Waals surface area contributed by atoms with Crippen LogP contribution in [0.15, 0.2) is 42.5 Å². The van der Waals surface area contributed by atoms with E-state index in [0.29, 0.717) is 30.4 Å². The number of hydrogen-bond acceptors (Lipinski definition) is 5. The van der Waals surface area contributed by atoms with Crippen LogP contribution >= 0.6 is 0 Å². The summed E-state index contributed by atoms with van der Waals surface area (Å²) in [5.74, 6) is 1.13. The van der Waals surface area contributed by atoms with Gasteiger partial charge in [-0.05, 0) is 29.8 Å². The van der Waals surface area contributed by atoms with E-state index in [-0.39, 0.29) is 18.2 Å². The predicted octanol–water partition coefficient (Wildman–Crippen LogP) is 2.25. The first-order valence-electron chi connectivity index (χ1n) is 9.32. The van der Waals surface area contributed by atoms with Crippen LogP contribution in [-0.2, 0) is 16.1 Å². The summed E-state index contributed by atoms with van der Waals surface area (Å²) in [5.41, 5.74) is 1.74. The molecule has 2 aromatic carbocycles. The topological polar surface area (TPSA) is 96.5 Å². The molecule has 0 aliphatic carbocycles. The number of nitrogens with zero attached hydrogens (tertiary/aromatic N) is 2. The quantitative estimate of drug-likeness (QED) is 0.668. The fraction of sp³-hybridized carbons (Fsp3) is 0.286. The van der Waals surface area contributed by atoms with Gasteiger partial charge in [0.05, 0.1) is 25.7 Å². The lowest BCUT2D eigenvalue weighted by Gasteiger charge is -2.15. The number of hydrogen-bond donors (Lipinski definition) is 2. The Hall–Kier alpha value is -3.55. The van der Waals surface area contributed by atoms with Gasteiger partial charge in [0.1, 0.15) is 0 Å². The summed E-state index contributed by atoms with van der Waals surface area (Å²) in [6.07, 6.45) is 0.166. The van der Waals surface area contributed by atoms with Gasteiger partial charge in [-0.25, -0.2) is 0 Å². The normalized spacial score (nSPS) is 16.3. The van der Waals surface area contributed by atoms with Crippen LogP contribution in [0.5, 0.6) is 11.5 Å². The molecule has 4 rings (SSSR count). The summed E-state index contributed by atoms with van der Waals surface area (Å²) in [6.45, 7) is 0.653. The van der Waals surface area contributed by atoms with Gasteiger partial charge in [-0.15, -0.1) is 0 Å². The molecule has 1 fully saturated rings. The second kappa shape index (κ2) is 7.83. The number of amides is 2. The van der Waals surface area contributed by atoms with Crippen molar-refractivity contribution in [2.45, 2.75) is 13.0 Å². The average molecular weight is 394 g/mol. The molecule has 2 N–H and O–H groups in total. The number of carbonyl (C=O) groups is 2. The van der Waals surface area contributed by atoms with E-state index in [9.17, 15) is 9.59 Å². The highest BCUT2D eigenvalue weighted by atomic mass is 16.5. The van der Waals surface area contributed by atoms with Gasteiger partial charge in [0, 0.05) is 24.9 Å². The maximum atomic E-state index is 12.6. The highest BCUT2D eigenvalue weighted by molar-refractivity contribution is 6.05. The van der Waals surface area contributed by atoms with Gasteiger partial charge in [0.2, 0.25) is 11.8 Å². The van der Waals surface area contributed by atoms with Crippen LogP contribution < -0.4 is 19.7 Å². The summed E-state index contributed by atoms with van der Waals surface area (Å²) in [5, 5.41) is 11.0. The molecule has 8 nitrogen and oxygen atoms in total. The number of aromatic amines is 1. The first kappa shape index (κ1) is 18.8. The Kier molecular flexibility index (Phi) is 5.07. The Labute approximate surface area is 167 Å². The molecule has 1 atom stereocenters. The van der Waals surface area contributed by atoms with Crippen LogP contribution in [0.25, 0.3) is 10.9 Å². The van der Waals surface area contributed by atoms with Crippen LogP contribution in [0.1, 0.15) is 12.0 Å². The number of anilines is 1. The molecular formula is C21H22N4O4. The number of nitrogens with one attached hydrogen (secondary N) is 2. The molecule has 29 heavy (non-hydrogen) atoms. The summed E-state index contributed by atoms with van der Waals surface area (Å²) in [6, 6.07) is 13.1. The largest absolute Gasteiger partial charge is 0.493 e. The van der Waals surface area contributed by atoms with E-state index >= 15 is 0 Å². The predicted molar refractivity (Wildman–Crippen MR) is 108 cm³/mol. The zero-order chi connectivity index (χ0) is 20.4. The second-order valence-electron chi connectivity index (χ2n) is 6.91. The van der Waals surface area contributed by atoms with Gasteiger partial charge in [0.25, 0.3) is 0 Å². The van der Waals surface area contributed by atoms with E-state index in [4.69, 9.17) is 9.47 Å². The zero-order valence-corrected chi connectivity index (χ0v) is 16.3. The highest BCUT2D eigenvalue weighted by Crippen LogP contribution is 2.30. The lowest BCUT2D eigenvalue weighted by atomic mass is 10.1. The van der Waals surface area contributed by atoms with Crippen LogP contribution in [0.2, 0.25) is 0 Å². The molecule has 0 saturated carbocycles. The molecule has 2 amide bonds. The molecule has 3 aromatic rings. The number of rotatable bonds is 6. The van der Waals surface area contributed by atoms with Crippen LogP contribution in [-0.4, -0.2) is 42.8 Å². The van der Waals surface area contributed by atoms with Crippen molar-refractivity contribution in [2.75, 3.05) is 25.7 Å². The third-order valence-corrected chi connectivity index (χ3v) is 5.12. The molecule has 0 spiro atoms. The van der Waals surface area contributed by atoms with Crippen molar-refractivity contribution in [3.8, 4) is 11.5 Å². The van der Waals surface area contributed by atoms with Crippen molar-refractivity contribution < 1.29 is 19.1 Å². The molecule has 150 valence electrons. The van der Waals surface area contributed by atoms with E-state index in [2.05, 4.69) is 15.5 Å². The van der Waals surface area contributed by atoms with Crippen LogP contribution in [0, 0.1) is 5.92 Å². The van der Waals surface area contributed by atoms with Gasteiger partial charge >= 0.3 is 0 Å². The van der Waals surface area contributed by atoms with Gasteiger partial charge < -0.3 is 14.8 Å². The van der Waals surface area contributed by atoms with E-state index in [1.165, 1.54) is 0 Å². The first-order valence-corrected chi connectivity index (χ1v) is 9.32. The molecule has 0 radical (unpaired) electrons. The summed E-state index contributed by atoms with van der Waals surface area (Å²) >= 11 is 0.